The van der Waals surface area contributed by atoms with Crippen molar-refractivity contribution in [2.24, 2.45) is 0 Å². The Hall–Kier alpha value is -1.90. The van der Waals surface area contributed by atoms with Gasteiger partial charge in [0.2, 0.25) is 0 Å². The Bertz CT molecular complexity index is 854. The van der Waals surface area contributed by atoms with Crippen LogP contribution < -0.4 is 11.4 Å². The number of ether oxygens (including phenoxy) is 3. The Balaban J connectivity index is 1.78. The van der Waals surface area contributed by atoms with E-state index in [-0.39, 0.29) is 24.1 Å². The summed E-state index contributed by atoms with van der Waals surface area (Å²) < 4.78 is 21.5. The van der Waals surface area contributed by atoms with E-state index in [9.17, 15) is 4.79 Å². The van der Waals surface area contributed by atoms with Crippen LogP contribution >= 0.6 is 0 Å². The van der Waals surface area contributed by atoms with E-state index in [0.717, 1.165) is 11.0 Å². The van der Waals surface area contributed by atoms with Gasteiger partial charge in [-0.15, -0.1) is 0 Å². The molecule has 5 rings (SSSR count). The summed E-state index contributed by atoms with van der Waals surface area (Å²) in [5, 5.41) is 0.755. The summed E-state index contributed by atoms with van der Waals surface area (Å²) in [4.78, 5) is 16.4. The number of rotatable bonds is 0. The van der Waals surface area contributed by atoms with Gasteiger partial charge in [0.25, 0.3) is 0 Å². The highest BCUT2D eigenvalue weighted by atomic mass is 16.8. The summed E-state index contributed by atoms with van der Waals surface area (Å²) in [6.45, 7) is 4.33. The van der Waals surface area contributed by atoms with Crippen molar-refractivity contribution >= 4 is 16.9 Å². The van der Waals surface area contributed by atoms with Crippen molar-refractivity contribution in [3.63, 3.8) is 0 Å². The Morgan fingerprint density at radius 1 is 1.36 bits per heavy atom. The fourth-order valence-electron chi connectivity index (χ4n) is 3.82. The number of aromatic nitrogens is 3. The maximum atomic E-state index is 12.4. The third-order valence-corrected chi connectivity index (χ3v) is 4.62. The Morgan fingerprint density at radius 2 is 2.14 bits per heavy atom. The Kier molecular flexibility index (Phi) is 2.13. The number of hydrogen-bond donors (Lipinski definition) is 1. The quantitative estimate of drug-likeness (QED) is 0.748. The third kappa shape index (κ3) is 1.42. The minimum Gasteiger partial charge on any atom is -0.383 e. The van der Waals surface area contributed by atoms with Gasteiger partial charge < -0.3 is 24.5 Å². The third-order valence-electron chi connectivity index (χ3n) is 4.62. The van der Waals surface area contributed by atoms with E-state index < -0.39 is 17.7 Å². The van der Waals surface area contributed by atoms with Crippen LogP contribution in [-0.2, 0) is 20.8 Å². The second kappa shape index (κ2) is 3.70. The van der Waals surface area contributed by atoms with Gasteiger partial charge in [0.15, 0.2) is 12.0 Å². The van der Waals surface area contributed by atoms with Crippen LogP contribution in [0, 0.1) is 0 Å². The summed E-state index contributed by atoms with van der Waals surface area (Å²) in [6.07, 6.45) is 0.660. The highest BCUT2D eigenvalue weighted by Crippen LogP contribution is 2.45. The molecule has 0 aromatic carbocycles. The molecule has 2 aromatic heterocycles. The van der Waals surface area contributed by atoms with Crippen LogP contribution in [0.2, 0.25) is 0 Å². The fraction of sp³-hybridized carbons (Fsp3) is 0.571. The van der Waals surface area contributed by atoms with Crippen LogP contribution in [0.1, 0.15) is 20.1 Å². The van der Waals surface area contributed by atoms with E-state index in [2.05, 4.69) is 4.98 Å². The first kappa shape index (κ1) is 12.6. The van der Waals surface area contributed by atoms with Crippen molar-refractivity contribution in [2.45, 2.75) is 50.7 Å². The molecule has 0 amide bonds. The summed E-state index contributed by atoms with van der Waals surface area (Å²) in [7, 11) is 0. The maximum absolute atomic E-state index is 12.4. The van der Waals surface area contributed by atoms with Gasteiger partial charge in [0, 0.05) is 6.20 Å². The molecule has 2 N–H and O–H groups in total. The predicted octanol–water partition coefficient (Wildman–Crippen LogP) is 0.211. The van der Waals surface area contributed by atoms with Crippen LogP contribution in [0.5, 0.6) is 0 Å². The first-order chi connectivity index (χ1) is 10.4. The number of fused-ring (bicyclic) bond motifs is 6. The molecule has 0 saturated carbocycles. The Morgan fingerprint density at radius 3 is 2.95 bits per heavy atom. The molecule has 22 heavy (non-hydrogen) atoms. The molecule has 4 unspecified atom stereocenters. The molecule has 3 aliphatic heterocycles. The zero-order chi connectivity index (χ0) is 15.2. The van der Waals surface area contributed by atoms with Crippen LogP contribution in [0.25, 0.3) is 11.0 Å². The first-order valence-corrected chi connectivity index (χ1v) is 7.32. The minimum absolute atomic E-state index is 0.173. The molecule has 2 bridgehead atoms. The molecule has 0 radical (unpaired) electrons. The normalized spacial score (nSPS) is 34.8. The number of hydrogen-bond acceptors (Lipinski definition) is 6. The lowest BCUT2D eigenvalue weighted by atomic mass is 10.1. The van der Waals surface area contributed by atoms with Gasteiger partial charge in [-0.2, -0.15) is 4.98 Å². The van der Waals surface area contributed by atoms with E-state index >= 15 is 0 Å². The van der Waals surface area contributed by atoms with Crippen LogP contribution in [0.15, 0.2) is 17.1 Å². The molecule has 2 fully saturated rings. The molecular weight excluding hydrogens is 288 g/mol. The summed E-state index contributed by atoms with van der Waals surface area (Å²) in [5.74, 6) is -0.438. The van der Waals surface area contributed by atoms with Crippen molar-refractivity contribution in [1.82, 2.24) is 14.1 Å². The zero-order valence-electron chi connectivity index (χ0n) is 12.2. The van der Waals surface area contributed by atoms with Crippen molar-refractivity contribution in [3.05, 3.63) is 22.7 Å². The summed E-state index contributed by atoms with van der Waals surface area (Å²) >= 11 is 0. The lowest BCUT2D eigenvalue weighted by Crippen LogP contribution is -2.37. The topological polar surface area (TPSA) is 93.5 Å². The van der Waals surface area contributed by atoms with Gasteiger partial charge >= 0.3 is 5.69 Å². The standard InChI is InChI=1S/C14H16N4O4/c1-14(2)21-8-7-5-17-4-3-6-10(15)16-13(19)18(11(6)17)12(20-7)9(8)22-14/h3-4,7-9,12H,5H2,1-2H3,(H2,15,16,19). The second-order valence-electron chi connectivity index (χ2n) is 6.48. The minimum atomic E-state index is -0.682. The van der Waals surface area contributed by atoms with Gasteiger partial charge in [0.05, 0.1) is 11.9 Å². The molecule has 8 heteroatoms. The largest absolute Gasteiger partial charge is 0.383 e. The molecule has 116 valence electrons. The van der Waals surface area contributed by atoms with Crippen molar-refractivity contribution < 1.29 is 14.2 Å². The van der Waals surface area contributed by atoms with Gasteiger partial charge in [-0.05, 0) is 19.9 Å². The lowest BCUT2D eigenvalue weighted by Gasteiger charge is -2.23. The smallest absolute Gasteiger partial charge is 0.353 e. The van der Waals surface area contributed by atoms with Gasteiger partial charge in [-0.25, -0.2) is 9.36 Å². The predicted molar refractivity (Wildman–Crippen MR) is 76.1 cm³/mol. The number of nitrogen functional groups attached to an aromatic ring is 1. The second-order valence-corrected chi connectivity index (χ2v) is 6.48. The summed E-state index contributed by atoms with van der Waals surface area (Å²) in [6, 6.07) is 1.87. The highest BCUT2D eigenvalue weighted by molar-refractivity contribution is 5.86. The Labute approximate surface area is 125 Å². The van der Waals surface area contributed by atoms with Crippen molar-refractivity contribution in [2.75, 3.05) is 5.73 Å². The van der Waals surface area contributed by atoms with Crippen LogP contribution in [-0.4, -0.2) is 38.2 Å². The molecule has 4 atom stereocenters. The van der Waals surface area contributed by atoms with Crippen molar-refractivity contribution in [3.8, 4) is 0 Å². The van der Waals surface area contributed by atoms with Crippen LogP contribution in [0.3, 0.4) is 0 Å². The number of anilines is 1. The van der Waals surface area contributed by atoms with E-state index in [1.807, 2.05) is 30.7 Å². The highest BCUT2D eigenvalue weighted by Gasteiger charge is 2.57. The van der Waals surface area contributed by atoms with E-state index in [1.54, 1.807) is 4.57 Å². The average molecular weight is 304 g/mol. The van der Waals surface area contributed by atoms with Crippen LogP contribution in [0.4, 0.5) is 5.82 Å². The van der Waals surface area contributed by atoms with E-state index in [0.29, 0.717) is 6.54 Å². The van der Waals surface area contributed by atoms with E-state index in [4.69, 9.17) is 19.9 Å². The van der Waals surface area contributed by atoms with Gasteiger partial charge in [-0.3, -0.25) is 0 Å². The maximum Gasteiger partial charge on any atom is 0.353 e. The van der Waals surface area contributed by atoms with E-state index in [1.165, 1.54) is 0 Å². The lowest BCUT2D eigenvalue weighted by molar-refractivity contribution is -0.196. The molecule has 0 aliphatic carbocycles. The van der Waals surface area contributed by atoms with Gasteiger partial charge in [0.1, 0.15) is 29.8 Å². The molecule has 8 nitrogen and oxygen atoms in total. The SMILES string of the molecule is CC1(C)OC2C3Cn4ccc5c(N)nc(=O)n(c54)C(O3)C2O1. The first-order valence-electron chi connectivity index (χ1n) is 7.32. The number of nitrogens with zero attached hydrogens (tertiary/aromatic N) is 3. The fourth-order valence-corrected chi connectivity index (χ4v) is 3.82. The molecule has 3 aliphatic rings. The average Bonchev–Trinajstić information content (AvgIpc) is 3.01. The summed E-state index contributed by atoms with van der Waals surface area (Å²) in [5.41, 5.74) is 6.19. The monoisotopic (exact) mass is 304 g/mol. The molecule has 2 saturated heterocycles. The van der Waals surface area contributed by atoms with Gasteiger partial charge in [-0.1, -0.05) is 0 Å². The molecular formula is C14H16N4O4. The number of nitrogens with two attached hydrogens (primary N) is 1. The van der Waals surface area contributed by atoms with Crippen molar-refractivity contribution in [1.29, 1.82) is 0 Å². The molecule has 5 heterocycles. The molecule has 0 spiro atoms. The molecule has 2 aromatic rings. The zero-order valence-corrected chi connectivity index (χ0v) is 12.2.